The van der Waals surface area contributed by atoms with E-state index in [2.05, 4.69) is 4.90 Å². The number of β-amino-alcohol motifs (C(OH)–C–C–N with tert-alkyl or cyclic N) is 1. The molecule has 0 atom stereocenters. The molecule has 162 valence electrons. The van der Waals surface area contributed by atoms with Gasteiger partial charge in [0.2, 0.25) is 0 Å². The molecule has 0 saturated carbocycles. The van der Waals surface area contributed by atoms with E-state index >= 15 is 0 Å². The van der Waals surface area contributed by atoms with Crippen LogP contribution in [0, 0.1) is 12.7 Å². The van der Waals surface area contributed by atoms with Gasteiger partial charge in [0, 0.05) is 37.7 Å². The summed E-state index contributed by atoms with van der Waals surface area (Å²) in [5.74, 6) is -1.28. The van der Waals surface area contributed by atoms with E-state index in [0.717, 1.165) is 4.90 Å². The SMILES string of the molecule is Cc1c(Cl)cccc1N1C(=O)C(c2ccc(F)cc2)=C(N2CCN(CCO)CC2)C1=O. The largest absolute Gasteiger partial charge is 0.395 e. The summed E-state index contributed by atoms with van der Waals surface area (Å²) in [6, 6.07) is 10.7. The van der Waals surface area contributed by atoms with Crippen molar-refractivity contribution in [2.75, 3.05) is 44.2 Å². The fourth-order valence-electron chi connectivity index (χ4n) is 4.08. The van der Waals surface area contributed by atoms with Gasteiger partial charge in [-0.25, -0.2) is 9.29 Å². The van der Waals surface area contributed by atoms with E-state index in [1.54, 1.807) is 25.1 Å². The summed E-state index contributed by atoms with van der Waals surface area (Å²) in [4.78, 5) is 32.3. The normalized spacial score (nSPS) is 17.8. The molecule has 0 aromatic heterocycles. The number of nitrogens with zero attached hydrogens (tertiary/aromatic N) is 3. The molecule has 2 heterocycles. The molecule has 8 heteroatoms. The van der Waals surface area contributed by atoms with E-state index in [0.29, 0.717) is 60.3 Å². The molecular weight excluding hydrogens is 421 g/mol. The third kappa shape index (κ3) is 3.96. The molecular formula is C23H23ClFN3O3. The molecule has 2 aromatic carbocycles. The number of hydrogen-bond acceptors (Lipinski definition) is 5. The smallest absolute Gasteiger partial charge is 0.282 e. The van der Waals surface area contributed by atoms with Crippen LogP contribution >= 0.6 is 11.6 Å². The topological polar surface area (TPSA) is 64.1 Å². The van der Waals surface area contributed by atoms with Gasteiger partial charge in [-0.3, -0.25) is 14.5 Å². The van der Waals surface area contributed by atoms with Gasteiger partial charge in [-0.05, 0) is 42.3 Å². The highest BCUT2D eigenvalue weighted by atomic mass is 35.5. The number of anilines is 1. The minimum absolute atomic E-state index is 0.0722. The summed E-state index contributed by atoms with van der Waals surface area (Å²) in [6.07, 6.45) is 0. The Morgan fingerprint density at radius 1 is 1.00 bits per heavy atom. The van der Waals surface area contributed by atoms with Gasteiger partial charge in [0.25, 0.3) is 11.8 Å². The number of piperazine rings is 1. The lowest BCUT2D eigenvalue weighted by atomic mass is 10.0. The Balaban J connectivity index is 1.77. The van der Waals surface area contributed by atoms with Crippen LogP contribution in [0.1, 0.15) is 11.1 Å². The molecule has 0 spiro atoms. The number of imide groups is 1. The zero-order valence-corrected chi connectivity index (χ0v) is 17.9. The fourth-order valence-corrected chi connectivity index (χ4v) is 4.25. The monoisotopic (exact) mass is 443 g/mol. The molecule has 0 radical (unpaired) electrons. The van der Waals surface area contributed by atoms with E-state index in [1.165, 1.54) is 24.3 Å². The Labute approximate surface area is 185 Å². The second kappa shape index (κ2) is 8.78. The molecule has 0 bridgehead atoms. The number of benzene rings is 2. The van der Waals surface area contributed by atoms with Gasteiger partial charge >= 0.3 is 0 Å². The molecule has 1 fully saturated rings. The van der Waals surface area contributed by atoms with Crippen molar-refractivity contribution in [3.05, 3.63) is 70.1 Å². The first kappa shape index (κ1) is 21.5. The maximum Gasteiger partial charge on any atom is 0.282 e. The minimum Gasteiger partial charge on any atom is -0.395 e. The average molecular weight is 444 g/mol. The van der Waals surface area contributed by atoms with Gasteiger partial charge < -0.3 is 10.0 Å². The van der Waals surface area contributed by atoms with Crippen molar-refractivity contribution in [3.63, 3.8) is 0 Å². The quantitative estimate of drug-likeness (QED) is 0.720. The second-order valence-corrected chi connectivity index (χ2v) is 8.02. The van der Waals surface area contributed by atoms with Crippen molar-refractivity contribution in [1.82, 2.24) is 9.80 Å². The lowest BCUT2D eigenvalue weighted by molar-refractivity contribution is -0.120. The second-order valence-electron chi connectivity index (χ2n) is 7.61. The average Bonchev–Trinajstić information content (AvgIpc) is 3.02. The molecule has 31 heavy (non-hydrogen) atoms. The zero-order valence-electron chi connectivity index (χ0n) is 17.1. The third-order valence-electron chi connectivity index (χ3n) is 5.78. The van der Waals surface area contributed by atoms with E-state index in [1.807, 2.05) is 4.90 Å². The van der Waals surface area contributed by atoms with Crippen LogP contribution in [-0.2, 0) is 9.59 Å². The van der Waals surface area contributed by atoms with Crippen LogP contribution in [-0.4, -0.2) is 66.1 Å². The standard InChI is InChI=1S/C23H23ClFN3O3/c1-15-18(24)3-2-4-19(15)28-22(30)20(16-5-7-17(25)8-6-16)21(23(28)31)27-11-9-26(10-12-27)13-14-29/h2-8,29H,9-14H2,1H3. The van der Waals surface area contributed by atoms with Crippen molar-refractivity contribution < 1.29 is 19.1 Å². The lowest BCUT2D eigenvalue weighted by Gasteiger charge is -2.36. The molecule has 6 nitrogen and oxygen atoms in total. The number of aliphatic hydroxyl groups is 1. The zero-order chi connectivity index (χ0) is 22.1. The van der Waals surface area contributed by atoms with Gasteiger partial charge in [-0.1, -0.05) is 29.8 Å². The Hall–Kier alpha value is -2.74. The summed E-state index contributed by atoms with van der Waals surface area (Å²) in [5.41, 5.74) is 2.16. The summed E-state index contributed by atoms with van der Waals surface area (Å²) in [5, 5.41) is 9.65. The Kier molecular flexibility index (Phi) is 6.09. The molecule has 2 amide bonds. The third-order valence-corrected chi connectivity index (χ3v) is 6.19. The summed E-state index contributed by atoms with van der Waals surface area (Å²) in [7, 11) is 0. The Morgan fingerprint density at radius 3 is 2.32 bits per heavy atom. The number of hydrogen-bond donors (Lipinski definition) is 1. The first-order valence-electron chi connectivity index (χ1n) is 10.1. The molecule has 4 rings (SSSR count). The predicted octanol–water partition coefficient (Wildman–Crippen LogP) is 2.68. The highest BCUT2D eigenvalue weighted by molar-refractivity contribution is 6.46. The number of carbonyl (C=O) groups is 2. The number of carbonyl (C=O) groups excluding carboxylic acids is 2. The van der Waals surface area contributed by atoms with Gasteiger partial charge in [0.05, 0.1) is 17.9 Å². The van der Waals surface area contributed by atoms with Crippen molar-refractivity contribution in [2.45, 2.75) is 6.92 Å². The number of aliphatic hydroxyl groups excluding tert-OH is 1. The molecule has 0 aliphatic carbocycles. The maximum atomic E-state index is 13.6. The first-order valence-corrected chi connectivity index (χ1v) is 10.5. The van der Waals surface area contributed by atoms with E-state index in [-0.39, 0.29) is 12.2 Å². The molecule has 2 aliphatic heterocycles. The van der Waals surface area contributed by atoms with Crippen LogP contribution in [0.15, 0.2) is 48.2 Å². The first-order chi connectivity index (χ1) is 14.9. The summed E-state index contributed by atoms with van der Waals surface area (Å²) in [6.45, 7) is 4.82. The minimum atomic E-state index is -0.449. The maximum absolute atomic E-state index is 13.6. The molecule has 0 unspecified atom stereocenters. The highest BCUT2D eigenvalue weighted by Crippen LogP contribution is 2.37. The van der Waals surface area contributed by atoms with Crippen LogP contribution in [0.4, 0.5) is 10.1 Å². The Morgan fingerprint density at radius 2 is 1.68 bits per heavy atom. The number of amides is 2. The molecule has 1 N–H and O–H groups in total. The lowest BCUT2D eigenvalue weighted by Crippen LogP contribution is -2.48. The van der Waals surface area contributed by atoms with E-state index in [4.69, 9.17) is 11.6 Å². The van der Waals surface area contributed by atoms with Gasteiger partial charge in [0.15, 0.2) is 0 Å². The van der Waals surface area contributed by atoms with E-state index < -0.39 is 17.6 Å². The van der Waals surface area contributed by atoms with Crippen molar-refractivity contribution in [1.29, 1.82) is 0 Å². The fraction of sp³-hybridized carbons (Fsp3) is 0.304. The van der Waals surface area contributed by atoms with E-state index in [9.17, 15) is 19.1 Å². The Bertz CT molecular complexity index is 1050. The molecule has 2 aromatic rings. The molecule has 1 saturated heterocycles. The van der Waals surface area contributed by atoms with Gasteiger partial charge in [-0.15, -0.1) is 0 Å². The molecule has 2 aliphatic rings. The van der Waals surface area contributed by atoms with Gasteiger partial charge in [0.1, 0.15) is 11.5 Å². The van der Waals surface area contributed by atoms with Crippen LogP contribution in [0.25, 0.3) is 5.57 Å². The number of rotatable bonds is 5. The van der Waals surface area contributed by atoms with Crippen LogP contribution in [0.5, 0.6) is 0 Å². The predicted molar refractivity (Wildman–Crippen MR) is 117 cm³/mol. The number of halogens is 2. The van der Waals surface area contributed by atoms with Crippen molar-refractivity contribution >= 4 is 34.7 Å². The summed E-state index contributed by atoms with van der Waals surface area (Å²) >= 11 is 6.25. The summed E-state index contributed by atoms with van der Waals surface area (Å²) < 4.78 is 13.5. The van der Waals surface area contributed by atoms with Crippen molar-refractivity contribution in [3.8, 4) is 0 Å². The van der Waals surface area contributed by atoms with Crippen LogP contribution in [0.3, 0.4) is 0 Å². The van der Waals surface area contributed by atoms with Crippen LogP contribution in [0.2, 0.25) is 5.02 Å². The van der Waals surface area contributed by atoms with Gasteiger partial charge in [-0.2, -0.15) is 0 Å². The van der Waals surface area contributed by atoms with Crippen LogP contribution < -0.4 is 4.90 Å². The van der Waals surface area contributed by atoms with Crippen molar-refractivity contribution in [2.24, 2.45) is 0 Å². The highest BCUT2D eigenvalue weighted by Gasteiger charge is 2.43.